The van der Waals surface area contributed by atoms with Gasteiger partial charge in [0.15, 0.2) is 6.61 Å². The molecule has 1 N–H and O–H groups in total. The number of nitrogens with zero attached hydrogens (tertiary/aromatic N) is 3. The predicted molar refractivity (Wildman–Crippen MR) is 119 cm³/mol. The van der Waals surface area contributed by atoms with Crippen LogP contribution in [0.25, 0.3) is 0 Å². The van der Waals surface area contributed by atoms with Gasteiger partial charge in [0, 0.05) is 25.7 Å². The highest BCUT2D eigenvalue weighted by Gasteiger charge is 2.27. The fraction of sp³-hybridized carbons (Fsp3) is 0.318. The molecule has 0 radical (unpaired) electrons. The van der Waals surface area contributed by atoms with Crippen molar-refractivity contribution in [3.05, 3.63) is 65.3 Å². The minimum absolute atomic E-state index is 0.0357. The monoisotopic (exact) mass is 472 g/mol. The molecule has 1 aromatic heterocycles. The van der Waals surface area contributed by atoms with E-state index in [0.29, 0.717) is 55.0 Å². The Morgan fingerprint density at radius 3 is 2.64 bits per heavy atom. The number of amides is 1. The number of nitrogens with one attached hydrogen (secondary N) is 1. The zero-order valence-electron chi connectivity index (χ0n) is 18.3. The van der Waals surface area contributed by atoms with Gasteiger partial charge in [0.05, 0.1) is 23.7 Å². The van der Waals surface area contributed by atoms with Crippen LogP contribution in [-0.2, 0) is 21.4 Å². The molecule has 0 saturated carbocycles. The quantitative estimate of drug-likeness (QED) is 0.556. The largest absolute Gasteiger partial charge is 0.485 e. The molecule has 0 aliphatic carbocycles. The van der Waals surface area contributed by atoms with E-state index in [4.69, 9.17) is 14.0 Å². The van der Waals surface area contributed by atoms with E-state index >= 15 is 0 Å². The highest BCUT2D eigenvalue weighted by atomic mass is 32.2. The lowest BCUT2D eigenvalue weighted by Gasteiger charge is -2.26. The Bertz CT molecular complexity index is 1250. The lowest BCUT2D eigenvalue weighted by molar-refractivity contribution is 0.0730. The number of benzene rings is 2. The van der Waals surface area contributed by atoms with Gasteiger partial charge in [0.25, 0.3) is 5.91 Å². The van der Waals surface area contributed by atoms with Crippen molar-refractivity contribution in [2.24, 2.45) is 0 Å². The van der Waals surface area contributed by atoms with Gasteiger partial charge in [-0.2, -0.15) is 9.29 Å². The number of sulfonamides is 1. The smallest absolute Gasteiger partial charge is 0.259 e. The first-order chi connectivity index (χ1) is 15.8. The summed E-state index contributed by atoms with van der Waals surface area (Å²) < 4.78 is 43.3. The second-order valence-electron chi connectivity index (χ2n) is 7.46. The number of hydrogen-bond donors (Lipinski definition) is 1. The summed E-state index contributed by atoms with van der Waals surface area (Å²) in [4.78, 5) is 17.2. The fourth-order valence-electron chi connectivity index (χ4n) is 3.34. The van der Waals surface area contributed by atoms with Gasteiger partial charge < -0.3 is 19.3 Å². The van der Waals surface area contributed by atoms with E-state index < -0.39 is 15.9 Å². The summed E-state index contributed by atoms with van der Waals surface area (Å²) in [5.74, 6) is 0.688. The van der Waals surface area contributed by atoms with Crippen molar-refractivity contribution < 1.29 is 27.2 Å². The van der Waals surface area contributed by atoms with Crippen LogP contribution in [-0.4, -0.2) is 55.1 Å². The van der Waals surface area contributed by atoms with Crippen molar-refractivity contribution in [2.45, 2.75) is 25.3 Å². The number of hydrogen-bond acceptors (Lipinski definition) is 8. The zero-order chi connectivity index (χ0) is 23.4. The van der Waals surface area contributed by atoms with Gasteiger partial charge in [-0.3, -0.25) is 4.79 Å². The van der Waals surface area contributed by atoms with Crippen LogP contribution in [0.3, 0.4) is 0 Å². The highest BCUT2D eigenvalue weighted by Crippen LogP contribution is 2.26. The predicted octanol–water partition coefficient (Wildman–Crippen LogP) is 2.54. The lowest BCUT2D eigenvalue weighted by atomic mass is 10.1. The standard InChI is InChI=1S/C22H24N4O6S/c1-15-7-8-17(33(28,29)26-9-11-30-12-10-26)13-19(15)24-22(27)18-5-3-4-6-20(18)31-14-21-23-16(2)32-25-21/h3-8,13H,9-12,14H2,1-2H3,(H,24,27). The van der Waals surface area contributed by atoms with Crippen molar-refractivity contribution in [1.29, 1.82) is 0 Å². The molecule has 1 amide bonds. The Morgan fingerprint density at radius 1 is 1.15 bits per heavy atom. The van der Waals surface area contributed by atoms with Crippen LogP contribution < -0.4 is 10.1 Å². The van der Waals surface area contributed by atoms with Crippen LogP contribution in [0, 0.1) is 13.8 Å². The number of para-hydroxylation sites is 1. The summed E-state index contributed by atoms with van der Waals surface area (Å²) >= 11 is 0. The van der Waals surface area contributed by atoms with E-state index in [-0.39, 0.29) is 11.5 Å². The molecule has 0 spiro atoms. The van der Waals surface area contributed by atoms with E-state index in [1.807, 2.05) is 0 Å². The van der Waals surface area contributed by atoms with Crippen LogP contribution in [0.4, 0.5) is 5.69 Å². The van der Waals surface area contributed by atoms with Crippen LogP contribution in [0.15, 0.2) is 51.9 Å². The van der Waals surface area contributed by atoms with Crippen molar-refractivity contribution in [3.63, 3.8) is 0 Å². The molecule has 11 heteroatoms. The third kappa shape index (κ3) is 5.21. The van der Waals surface area contributed by atoms with Gasteiger partial charge >= 0.3 is 0 Å². The maximum Gasteiger partial charge on any atom is 0.259 e. The lowest BCUT2D eigenvalue weighted by Crippen LogP contribution is -2.40. The Morgan fingerprint density at radius 2 is 1.91 bits per heavy atom. The number of ether oxygens (including phenoxy) is 2. The van der Waals surface area contributed by atoms with Crippen molar-refractivity contribution in [1.82, 2.24) is 14.4 Å². The summed E-state index contributed by atoms with van der Waals surface area (Å²) in [5, 5.41) is 6.58. The second kappa shape index (κ2) is 9.69. The average Bonchev–Trinajstić information content (AvgIpc) is 3.24. The molecule has 4 rings (SSSR count). The first-order valence-corrected chi connectivity index (χ1v) is 11.8. The third-order valence-electron chi connectivity index (χ3n) is 5.12. The van der Waals surface area contributed by atoms with Gasteiger partial charge in [-0.05, 0) is 36.8 Å². The molecule has 3 aromatic rings. The molecule has 0 unspecified atom stereocenters. The van der Waals surface area contributed by atoms with Gasteiger partial charge in [-0.1, -0.05) is 23.4 Å². The fourth-order valence-corrected chi connectivity index (χ4v) is 4.78. The first-order valence-electron chi connectivity index (χ1n) is 10.4. The molecule has 1 fully saturated rings. The Balaban J connectivity index is 1.53. The summed E-state index contributed by atoms with van der Waals surface area (Å²) in [6, 6.07) is 11.4. The van der Waals surface area contributed by atoms with E-state index in [1.165, 1.54) is 10.4 Å². The number of rotatable bonds is 7. The molecule has 0 bridgehead atoms. The molecule has 2 heterocycles. The molecular weight excluding hydrogens is 448 g/mol. The molecule has 174 valence electrons. The maximum absolute atomic E-state index is 13.0. The van der Waals surface area contributed by atoms with Crippen LogP contribution in [0.1, 0.15) is 27.6 Å². The maximum atomic E-state index is 13.0. The number of morpholine rings is 1. The van der Waals surface area contributed by atoms with Gasteiger partial charge in [0.1, 0.15) is 5.75 Å². The normalized spacial score (nSPS) is 14.7. The summed E-state index contributed by atoms with van der Waals surface area (Å²) in [5.41, 5.74) is 1.42. The molecule has 2 aromatic carbocycles. The van der Waals surface area contributed by atoms with Crippen molar-refractivity contribution in [3.8, 4) is 5.75 Å². The van der Waals surface area contributed by atoms with Crippen LogP contribution in [0.2, 0.25) is 0 Å². The molecule has 10 nitrogen and oxygen atoms in total. The number of anilines is 1. The van der Waals surface area contributed by atoms with E-state index in [9.17, 15) is 13.2 Å². The van der Waals surface area contributed by atoms with E-state index in [2.05, 4.69) is 15.5 Å². The van der Waals surface area contributed by atoms with Crippen LogP contribution >= 0.6 is 0 Å². The molecule has 1 aliphatic heterocycles. The number of carbonyl (C=O) groups excluding carboxylic acids is 1. The Labute approximate surface area is 191 Å². The molecule has 33 heavy (non-hydrogen) atoms. The number of carbonyl (C=O) groups is 1. The Hall–Kier alpha value is -3.28. The number of aromatic nitrogens is 2. The molecule has 1 aliphatic rings. The minimum Gasteiger partial charge on any atom is -0.485 e. The second-order valence-corrected chi connectivity index (χ2v) is 9.40. The average molecular weight is 473 g/mol. The van der Waals surface area contributed by atoms with E-state index in [0.717, 1.165) is 5.56 Å². The van der Waals surface area contributed by atoms with Crippen molar-refractivity contribution in [2.75, 3.05) is 31.6 Å². The van der Waals surface area contributed by atoms with Crippen LogP contribution in [0.5, 0.6) is 5.75 Å². The SMILES string of the molecule is Cc1nc(COc2ccccc2C(=O)Nc2cc(S(=O)(=O)N3CCOCC3)ccc2C)no1. The van der Waals surface area contributed by atoms with Crippen molar-refractivity contribution >= 4 is 21.6 Å². The van der Waals surface area contributed by atoms with E-state index in [1.54, 1.807) is 50.2 Å². The topological polar surface area (TPSA) is 124 Å². The summed E-state index contributed by atoms with van der Waals surface area (Å²) in [6.45, 7) is 4.80. The highest BCUT2D eigenvalue weighted by molar-refractivity contribution is 7.89. The first kappa shape index (κ1) is 22.9. The Kier molecular flexibility index (Phi) is 6.72. The number of aryl methyl sites for hydroxylation is 2. The van der Waals surface area contributed by atoms with Gasteiger partial charge in [-0.15, -0.1) is 0 Å². The van der Waals surface area contributed by atoms with Gasteiger partial charge in [0.2, 0.25) is 21.7 Å². The molecule has 1 saturated heterocycles. The third-order valence-corrected chi connectivity index (χ3v) is 7.02. The molecular formula is C22H24N4O6S. The summed E-state index contributed by atoms with van der Waals surface area (Å²) in [6.07, 6.45) is 0. The van der Waals surface area contributed by atoms with Gasteiger partial charge in [-0.25, -0.2) is 8.42 Å². The summed E-state index contributed by atoms with van der Waals surface area (Å²) in [7, 11) is -3.69. The molecule has 0 atom stereocenters. The minimum atomic E-state index is -3.69. The zero-order valence-corrected chi connectivity index (χ0v) is 19.1.